The summed E-state index contributed by atoms with van der Waals surface area (Å²) in [6.07, 6.45) is 1.28. The zero-order chi connectivity index (χ0) is 12.3. The van der Waals surface area contributed by atoms with E-state index in [1.807, 2.05) is 0 Å². The number of nitrogens with one attached hydrogen (secondary N) is 1. The van der Waals surface area contributed by atoms with Gasteiger partial charge in [-0.15, -0.1) is 0 Å². The van der Waals surface area contributed by atoms with Crippen molar-refractivity contribution in [3.63, 3.8) is 0 Å². The van der Waals surface area contributed by atoms with Crippen molar-refractivity contribution >= 4 is 11.6 Å². The van der Waals surface area contributed by atoms with Gasteiger partial charge in [0.1, 0.15) is 12.2 Å². The number of anilines is 1. The van der Waals surface area contributed by atoms with Gasteiger partial charge in [0.05, 0.1) is 0 Å². The zero-order valence-electron chi connectivity index (χ0n) is 9.19. The number of hydrogen-bond donors (Lipinski definition) is 2. The molecule has 0 bridgehead atoms. The van der Waals surface area contributed by atoms with E-state index in [9.17, 15) is 14.4 Å². The van der Waals surface area contributed by atoms with Gasteiger partial charge in [-0.2, -0.15) is 0 Å². The first-order valence-electron chi connectivity index (χ1n) is 4.81. The van der Waals surface area contributed by atoms with E-state index >= 15 is 0 Å². The molecule has 1 aromatic heterocycles. The number of aryl methyl sites for hydroxylation is 1. The lowest BCUT2D eigenvalue weighted by atomic mass is 10.4. The summed E-state index contributed by atoms with van der Waals surface area (Å²) in [5.74, 6) is -0.424. The summed E-state index contributed by atoms with van der Waals surface area (Å²) in [5, 5.41) is 2.34. The third-order valence-electron chi connectivity index (χ3n) is 2.18. The van der Waals surface area contributed by atoms with Crippen molar-refractivity contribution in [2.75, 3.05) is 12.8 Å². The van der Waals surface area contributed by atoms with Crippen LogP contribution in [0.5, 0.6) is 0 Å². The maximum atomic E-state index is 11.7. The molecule has 88 valence electrons. The van der Waals surface area contributed by atoms with E-state index < -0.39 is 17.2 Å². The van der Waals surface area contributed by atoms with E-state index in [1.54, 1.807) is 6.92 Å². The van der Waals surface area contributed by atoms with Gasteiger partial charge < -0.3 is 11.1 Å². The van der Waals surface area contributed by atoms with E-state index in [4.69, 9.17) is 5.73 Å². The van der Waals surface area contributed by atoms with Crippen LogP contribution in [0.4, 0.5) is 5.69 Å². The van der Waals surface area contributed by atoms with Crippen LogP contribution in [-0.4, -0.2) is 22.1 Å². The van der Waals surface area contributed by atoms with Crippen LogP contribution in [0.15, 0.2) is 15.8 Å². The number of nitrogens with zero attached hydrogens (tertiary/aromatic N) is 2. The normalized spacial score (nSPS) is 10.1. The highest BCUT2D eigenvalue weighted by atomic mass is 16.2. The smallest absolute Gasteiger partial charge is 0.331 e. The molecule has 0 aromatic carbocycles. The molecular weight excluding hydrogens is 212 g/mol. The first-order valence-corrected chi connectivity index (χ1v) is 4.81. The average molecular weight is 226 g/mol. The van der Waals surface area contributed by atoms with Gasteiger partial charge in [-0.05, 0) is 6.92 Å². The van der Waals surface area contributed by atoms with Crippen molar-refractivity contribution in [3.05, 3.63) is 27.0 Å². The Morgan fingerprint density at radius 2 is 2.12 bits per heavy atom. The summed E-state index contributed by atoms with van der Waals surface area (Å²) in [6.45, 7) is 1.81. The van der Waals surface area contributed by atoms with Gasteiger partial charge in [0.2, 0.25) is 5.91 Å². The summed E-state index contributed by atoms with van der Waals surface area (Å²) in [6, 6.07) is 0. The Morgan fingerprint density at radius 1 is 1.50 bits per heavy atom. The van der Waals surface area contributed by atoms with E-state index in [-0.39, 0.29) is 12.2 Å². The fraction of sp³-hybridized carbons (Fsp3) is 0.444. The van der Waals surface area contributed by atoms with Crippen molar-refractivity contribution in [2.24, 2.45) is 0 Å². The Bertz CT molecular complexity index is 514. The van der Waals surface area contributed by atoms with Gasteiger partial charge in [0.15, 0.2) is 0 Å². The van der Waals surface area contributed by atoms with Gasteiger partial charge in [-0.25, -0.2) is 9.36 Å². The van der Waals surface area contributed by atoms with Crippen LogP contribution in [0, 0.1) is 0 Å². The minimum Gasteiger partial charge on any atom is -0.393 e. The lowest BCUT2D eigenvalue weighted by molar-refractivity contribution is -0.121. The third-order valence-corrected chi connectivity index (χ3v) is 2.18. The second-order valence-corrected chi connectivity index (χ2v) is 3.22. The predicted molar refractivity (Wildman–Crippen MR) is 59.1 cm³/mol. The largest absolute Gasteiger partial charge is 0.393 e. The Balaban J connectivity index is 3.37. The molecule has 0 aliphatic rings. The molecule has 1 amide bonds. The van der Waals surface area contributed by atoms with Gasteiger partial charge >= 0.3 is 5.69 Å². The average Bonchev–Trinajstić information content (AvgIpc) is 2.28. The van der Waals surface area contributed by atoms with Crippen molar-refractivity contribution in [1.29, 1.82) is 0 Å². The quantitative estimate of drug-likeness (QED) is 0.645. The Hall–Kier alpha value is -2.05. The van der Waals surface area contributed by atoms with E-state index in [1.165, 1.54) is 17.8 Å². The Kier molecular flexibility index (Phi) is 3.49. The number of likely N-dealkylation sites (N-methyl/N-ethyl adjacent to an activating group) is 1. The maximum absolute atomic E-state index is 11.7. The second kappa shape index (κ2) is 4.65. The zero-order valence-corrected chi connectivity index (χ0v) is 9.19. The lowest BCUT2D eigenvalue weighted by Gasteiger charge is -2.08. The highest BCUT2D eigenvalue weighted by Gasteiger charge is 2.10. The van der Waals surface area contributed by atoms with Gasteiger partial charge in [0.25, 0.3) is 5.56 Å². The van der Waals surface area contributed by atoms with Crippen LogP contribution in [0.3, 0.4) is 0 Å². The molecule has 16 heavy (non-hydrogen) atoms. The summed E-state index contributed by atoms with van der Waals surface area (Å²) in [4.78, 5) is 34.4. The molecule has 0 fully saturated rings. The van der Waals surface area contributed by atoms with Crippen molar-refractivity contribution in [2.45, 2.75) is 20.0 Å². The number of carbonyl (C=O) groups is 1. The van der Waals surface area contributed by atoms with E-state index in [0.29, 0.717) is 6.54 Å². The monoisotopic (exact) mass is 226 g/mol. The standard InChI is InChI=1S/C9H14N4O3/c1-3-12-4-6(10)8(15)13(9(12)16)5-7(14)11-2/h4H,3,5,10H2,1-2H3,(H,11,14). The number of aromatic nitrogens is 2. The number of hydrogen-bond acceptors (Lipinski definition) is 4. The Labute approximate surface area is 91.5 Å². The second-order valence-electron chi connectivity index (χ2n) is 3.22. The molecule has 1 rings (SSSR count). The molecule has 0 spiro atoms. The topological polar surface area (TPSA) is 99.1 Å². The first-order chi connectivity index (χ1) is 7.51. The van der Waals surface area contributed by atoms with Crippen LogP contribution in [0.2, 0.25) is 0 Å². The third kappa shape index (κ3) is 2.13. The number of nitrogen functional groups attached to an aromatic ring is 1. The molecule has 0 unspecified atom stereocenters. The van der Waals surface area contributed by atoms with Gasteiger partial charge in [-0.3, -0.25) is 14.2 Å². The number of amides is 1. The molecule has 0 atom stereocenters. The molecule has 1 aromatic rings. The number of nitrogens with two attached hydrogens (primary N) is 1. The fourth-order valence-electron chi connectivity index (χ4n) is 1.26. The van der Waals surface area contributed by atoms with E-state index in [2.05, 4.69) is 5.32 Å². The minimum atomic E-state index is -0.640. The summed E-state index contributed by atoms with van der Waals surface area (Å²) in [5.41, 5.74) is 4.23. The van der Waals surface area contributed by atoms with Crippen molar-refractivity contribution in [1.82, 2.24) is 14.5 Å². The molecule has 7 nitrogen and oxygen atoms in total. The molecule has 0 saturated carbocycles. The lowest BCUT2D eigenvalue weighted by Crippen LogP contribution is -2.43. The van der Waals surface area contributed by atoms with Gasteiger partial charge in [-0.1, -0.05) is 0 Å². The highest BCUT2D eigenvalue weighted by Crippen LogP contribution is 1.89. The van der Waals surface area contributed by atoms with Crippen LogP contribution in [-0.2, 0) is 17.9 Å². The number of carbonyl (C=O) groups excluding carboxylic acids is 1. The van der Waals surface area contributed by atoms with Crippen LogP contribution >= 0.6 is 0 Å². The molecule has 1 heterocycles. The summed E-state index contributed by atoms with van der Waals surface area (Å²) >= 11 is 0. The molecule has 0 aliphatic heterocycles. The summed E-state index contributed by atoms with van der Waals surface area (Å²) < 4.78 is 2.09. The summed E-state index contributed by atoms with van der Waals surface area (Å²) in [7, 11) is 1.43. The van der Waals surface area contributed by atoms with Crippen molar-refractivity contribution < 1.29 is 4.79 Å². The molecule has 0 saturated heterocycles. The fourth-order valence-corrected chi connectivity index (χ4v) is 1.26. The number of rotatable bonds is 3. The SMILES string of the molecule is CCn1cc(N)c(=O)n(CC(=O)NC)c1=O. The van der Waals surface area contributed by atoms with Crippen LogP contribution in [0.1, 0.15) is 6.92 Å². The predicted octanol–water partition coefficient (Wildman–Crippen LogP) is -1.64. The molecule has 0 radical (unpaired) electrons. The Morgan fingerprint density at radius 3 is 2.62 bits per heavy atom. The van der Waals surface area contributed by atoms with Crippen LogP contribution in [0.25, 0.3) is 0 Å². The van der Waals surface area contributed by atoms with Crippen LogP contribution < -0.4 is 22.3 Å². The molecular formula is C9H14N4O3. The highest BCUT2D eigenvalue weighted by molar-refractivity contribution is 5.75. The maximum Gasteiger partial charge on any atom is 0.331 e. The molecule has 0 aliphatic carbocycles. The van der Waals surface area contributed by atoms with E-state index in [0.717, 1.165) is 4.57 Å². The molecule has 7 heteroatoms. The molecule has 3 N–H and O–H groups in total. The van der Waals surface area contributed by atoms with Crippen molar-refractivity contribution in [3.8, 4) is 0 Å². The van der Waals surface area contributed by atoms with Gasteiger partial charge in [0, 0.05) is 19.8 Å². The first kappa shape index (κ1) is 12.0. The minimum absolute atomic E-state index is 0.0506.